The number of carboxylic acid groups (broad SMARTS) is 1. The quantitative estimate of drug-likeness (QED) is 0.268. The zero-order valence-corrected chi connectivity index (χ0v) is 17.6. The summed E-state index contributed by atoms with van der Waals surface area (Å²) in [6, 6.07) is 0. The van der Waals surface area contributed by atoms with Crippen molar-refractivity contribution in [3.05, 3.63) is 0 Å². The Morgan fingerprint density at radius 3 is 1.52 bits per heavy atom. The molecule has 1 atom stereocenters. The van der Waals surface area contributed by atoms with E-state index < -0.39 is 21.3 Å². The van der Waals surface area contributed by atoms with Crippen LogP contribution in [0.2, 0.25) is 0 Å². The van der Waals surface area contributed by atoms with Crippen LogP contribution in [0.4, 0.5) is 0 Å². The Morgan fingerprint density at radius 2 is 1.22 bits per heavy atom. The number of unbranched alkanes of at least 4 members (excludes halogenated alkanes) is 11. The largest absolute Gasteiger partial charge is 1.00 e. The van der Waals surface area contributed by atoms with Crippen molar-refractivity contribution < 1.29 is 52.4 Å². The van der Waals surface area contributed by atoms with Crippen molar-refractivity contribution in [1.82, 2.24) is 0 Å². The monoisotopic (exact) mass is 358 g/mol. The molecule has 0 saturated heterocycles. The van der Waals surface area contributed by atoms with Gasteiger partial charge in [0.15, 0.2) is 0 Å². The molecule has 0 aliphatic heterocycles. The van der Waals surface area contributed by atoms with Crippen LogP contribution in [0.5, 0.6) is 0 Å². The van der Waals surface area contributed by atoms with Crippen molar-refractivity contribution >= 4 is 16.1 Å². The van der Waals surface area contributed by atoms with Crippen molar-refractivity contribution in [2.75, 3.05) is 0 Å². The maximum atomic E-state index is 10.8. The first-order valence-electron chi connectivity index (χ1n) is 8.57. The predicted molar refractivity (Wildman–Crippen MR) is 86.8 cm³/mol. The van der Waals surface area contributed by atoms with Crippen molar-refractivity contribution in [3.63, 3.8) is 0 Å². The summed E-state index contributed by atoms with van der Waals surface area (Å²) in [5, 5.41) is 6.93. The van der Waals surface area contributed by atoms with Gasteiger partial charge in [-0.05, 0) is 6.42 Å². The van der Waals surface area contributed by atoms with Crippen molar-refractivity contribution in [2.24, 2.45) is 0 Å². The van der Waals surface area contributed by atoms with Gasteiger partial charge in [-0.2, -0.15) is 0 Å². The van der Waals surface area contributed by atoms with Gasteiger partial charge >= 0.3 is 35.5 Å². The van der Waals surface area contributed by atoms with Crippen LogP contribution in [0.3, 0.4) is 0 Å². The molecule has 0 aliphatic carbocycles. The molecule has 0 aliphatic rings. The molecule has 7 heteroatoms. The normalized spacial score (nSPS) is 12.6. The summed E-state index contributed by atoms with van der Waals surface area (Å²) in [4.78, 5) is 10.7. The minimum absolute atomic E-state index is 0. The zero-order valence-electron chi connectivity index (χ0n) is 14.8. The molecule has 0 aromatic rings. The number of carboxylic acids is 1. The molecular formula is C16H31NaO5S. The van der Waals surface area contributed by atoms with E-state index in [1.807, 2.05) is 0 Å². The van der Waals surface area contributed by atoms with Gasteiger partial charge in [0.1, 0.15) is 15.4 Å². The Bertz CT molecular complexity index is 384. The van der Waals surface area contributed by atoms with Crippen molar-refractivity contribution in [3.8, 4) is 0 Å². The summed E-state index contributed by atoms with van der Waals surface area (Å²) in [6.07, 6.45) is 13.5. The van der Waals surface area contributed by atoms with Crippen LogP contribution < -0.4 is 29.6 Å². The third-order valence-corrected chi connectivity index (χ3v) is 5.08. The molecular weight excluding hydrogens is 327 g/mol. The van der Waals surface area contributed by atoms with Gasteiger partial charge in [0.2, 0.25) is 0 Å². The summed E-state index contributed by atoms with van der Waals surface area (Å²) in [6.45, 7) is 2.21. The Hall–Kier alpha value is 0.380. The van der Waals surface area contributed by atoms with Gasteiger partial charge in [-0.15, -0.1) is 0 Å². The molecule has 0 rings (SSSR count). The molecule has 0 heterocycles. The standard InChI is InChI=1S/C16H32O5S.Na/c1-2-3-4-5-6-7-8-9-10-11-12-13-14-15(16(17)18)22(19,20)21;/h15H,2-14H2,1H3,(H,17,18)(H,19,20,21);/q;+1/p-1. The first kappa shape index (κ1) is 25.6. The fourth-order valence-electron chi connectivity index (χ4n) is 2.56. The molecule has 5 nitrogen and oxygen atoms in total. The van der Waals surface area contributed by atoms with E-state index in [4.69, 9.17) is 5.11 Å². The van der Waals surface area contributed by atoms with Gasteiger partial charge in [-0.25, -0.2) is 8.42 Å². The number of hydrogen-bond donors (Lipinski definition) is 1. The smallest absolute Gasteiger partial charge is 0.747 e. The summed E-state index contributed by atoms with van der Waals surface area (Å²) in [5.41, 5.74) is 0. The Kier molecular flexibility index (Phi) is 17.7. The SMILES string of the molecule is CCCCCCCCCCCCCCC(C(=O)O)S(=O)(=O)[O-].[Na+]. The molecule has 0 spiro atoms. The van der Waals surface area contributed by atoms with Crippen LogP contribution in [0.15, 0.2) is 0 Å². The van der Waals surface area contributed by atoms with Crippen LogP contribution in [0.25, 0.3) is 0 Å². The molecule has 0 aromatic heterocycles. The van der Waals surface area contributed by atoms with Crippen LogP contribution in [0.1, 0.15) is 90.4 Å². The molecule has 0 amide bonds. The Labute approximate surface area is 163 Å². The van der Waals surface area contributed by atoms with E-state index >= 15 is 0 Å². The van der Waals surface area contributed by atoms with Gasteiger partial charge in [-0.1, -0.05) is 84.0 Å². The van der Waals surface area contributed by atoms with E-state index in [2.05, 4.69) is 6.92 Å². The fraction of sp³-hybridized carbons (Fsp3) is 0.938. The maximum absolute atomic E-state index is 10.8. The number of carbonyl (C=O) groups is 1. The van der Waals surface area contributed by atoms with E-state index in [-0.39, 0.29) is 36.0 Å². The molecule has 0 radical (unpaired) electrons. The summed E-state index contributed by atoms with van der Waals surface area (Å²) < 4.78 is 32.3. The first-order valence-corrected chi connectivity index (χ1v) is 10.0. The maximum Gasteiger partial charge on any atom is 1.00 e. The predicted octanol–water partition coefficient (Wildman–Crippen LogP) is 1.08. The van der Waals surface area contributed by atoms with E-state index in [0.717, 1.165) is 19.3 Å². The van der Waals surface area contributed by atoms with E-state index in [1.165, 1.54) is 51.4 Å². The van der Waals surface area contributed by atoms with Gasteiger partial charge in [0, 0.05) is 0 Å². The average molecular weight is 358 g/mol. The van der Waals surface area contributed by atoms with E-state index in [0.29, 0.717) is 6.42 Å². The van der Waals surface area contributed by atoms with Gasteiger partial charge in [0.25, 0.3) is 0 Å². The van der Waals surface area contributed by atoms with Gasteiger partial charge < -0.3 is 9.66 Å². The second-order valence-electron chi connectivity index (χ2n) is 6.00. The molecule has 0 fully saturated rings. The first-order chi connectivity index (χ1) is 10.4. The number of aliphatic carboxylic acids is 1. The van der Waals surface area contributed by atoms with Crippen LogP contribution in [0, 0.1) is 0 Å². The second-order valence-corrected chi connectivity index (χ2v) is 7.55. The summed E-state index contributed by atoms with van der Waals surface area (Å²) >= 11 is 0. The minimum Gasteiger partial charge on any atom is -0.747 e. The zero-order chi connectivity index (χ0) is 16.8. The molecule has 0 saturated carbocycles. The molecule has 1 N–H and O–H groups in total. The molecule has 0 bridgehead atoms. The second kappa shape index (κ2) is 15.9. The molecule has 1 unspecified atom stereocenters. The van der Waals surface area contributed by atoms with Crippen molar-refractivity contribution in [1.29, 1.82) is 0 Å². The van der Waals surface area contributed by atoms with Crippen molar-refractivity contribution in [2.45, 2.75) is 95.6 Å². The number of hydrogen-bond acceptors (Lipinski definition) is 4. The van der Waals surface area contributed by atoms with Crippen LogP contribution in [-0.2, 0) is 14.9 Å². The third kappa shape index (κ3) is 15.6. The Morgan fingerprint density at radius 1 is 0.870 bits per heavy atom. The molecule has 132 valence electrons. The summed E-state index contributed by atoms with van der Waals surface area (Å²) in [7, 11) is -4.73. The third-order valence-electron chi connectivity index (χ3n) is 3.94. The molecule has 23 heavy (non-hydrogen) atoms. The molecule has 0 aromatic carbocycles. The van der Waals surface area contributed by atoms with Crippen LogP contribution in [-0.4, -0.2) is 29.3 Å². The van der Waals surface area contributed by atoms with Gasteiger partial charge in [0.05, 0.1) is 0 Å². The van der Waals surface area contributed by atoms with E-state index in [1.54, 1.807) is 0 Å². The topological polar surface area (TPSA) is 94.5 Å². The van der Waals surface area contributed by atoms with Crippen LogP contribution >= 0.6 is 0 Å². The van der Waals surface area contributed by atoms with Gasteiger partial charge in [-0.3, -0.25) is 4.79 Å². The number of rotatable bonds is 15. The average Bonchev–Trinajstić information content (AvgIpc) is 2.42. The Balaban J connectivity index is 0. The van der Waals surface area contributed by atoms with E-state index in [9.17, 15) is 17.8 Å². The minimum atomic E-state index is -4.73. The summed E-state index contributed by atoms with van der Waals surface area (Å²) in [5.74, 6) is -1.53. The fourth-order valence-corrected chi connectivity index (χ4v) is 3.26.